The summed E-state index contributed by atoms with van der Waals surface area (Å²) in [4.78, 5) is 4.87. The number of anilines is 6. The summed E-state index contributed by atoms with van der Waals surface area (Å²) in [5.74, 6) is 0. The van der Waals surface area contributed by atoms with Crippen molar-refractivity contribution in [3.05, 3.63) is 194 Å². The van der Waals surface area contributed by atoms with Crippen molar-refractivity contribution in [1.82, 2.24) is 0 Å². The fraction of sp³-hybridized carbons (Fsp3) is 0. The smallest absolute Gasteiger partial charge is 0.0781 e. The van der Waals surface area contributed by atoms with E-state index in [1.807, 2.05) is 0 Å². The van der Waals surface area contributed by atoms with Crippen LogP contribution in [-0.4, -0.2) is 0 Å². The van der Waals surface area contributed by atoms with E-state index in [1.165, 1.54) is 21.5 Å². The summed E-state index contributed by atoms with van der Waals surface area (Å²) in [5, 5.41) is 4.80. The molecule has 0 bridgehead atoms. The number of benzene rings is 8. The standard InChI is InChI=1S/C44H32N2/c1-4-17-35(18-5-1)40-29-16-32-43(45(36-23-6-2-7-24-36)41-30-14-21-33-19-10-12-27-38(33)41)44(40)46(37-25-8-3-9-26-37)42-31-15-22-34-20-11-13-28-39(34)42/h1-32H. The third-order valence-electron chi connectivity index (χ3n) is 8.61. The van der Waals surface area contributed by atoms with Crippen molar-refractivity contribution in [2.24, 2.45) is 0 Å². The number of para-hydroxylation sites is 3. The van der Waals surface area contributed by atoms with E-state index in [1.54, 1.807) is 0 Å². The van der Waals surface area contributed by atoms with Gasteiger partial charge >= 0.3 is 0 Å². The molecule has 0 amide bonds. The number of rotatable bonds is 7. The van der Waals surface area contributed by atoms with Gasteiger partial charge in [-0.25, -0.2) is 0 Å². The van der Waals surface area contributed by atoms with Crippen LogP contribution in [0.1, 0.15) is 0 Å². The van der Waals surface area contributed by atoms with Crippen LogP contribution in [0.15, 0.2) is 194 Å². The van der Waals surface area contributed by atoms with Gasteiger partial charge in [0.05, 0.1) is 22.7 Å². The van der Waals surface area contributed by atoms with E-state index < -0.39 is 0 Å². The predicted octanol–water partition coefficient (Wildman–Crippen LogP) is 12.6. The van der Waals surface area contributed by atoms with Gasteiger partial charge in [-0.15, -0.1) is 0 Å². The summed E-state index contributed by atoms with van der Waals surface area (Å²) in [6.45, 7) is 0. The monoisotopic (exact) mass is 588 g/mol. The topological polar surface area (TPSA) is 6.48 Å². The number of fused-ring (bicyclic) bond motifs is 2. The maximum atomic E-state index is 2.45. The third-order valence-corrected chi connectivity index (χ3v) is 8.61. The summed E-state index contributed by atoms with van der Waals surface area (Å²) in [5.41, 5.74) is 8.93. The molecule has 2 nitrogen and oxygen atoms in total. The number of hydrogen-bond acceptors (Lipinski definition) is 2. The third kappa shape index (κ3) is 4.96. The minimum absolute atomic E-state index is 1.08. The van der Waals surface area contributed by atoms with Gasteiger partial charge < -0.3 is 9.80 Å². The van der Waals surface area contributed by atoms with Crippen molar-refractivity contribution in [3.63, 3.8) is 0 Å². The molecule has 8 aromatic carbocycles. The second kappa shape index (κ2) is 12.1. The Hall–Kier alpha value is -6.12. The van der Waals surface area contributed by atoms with Gasteiger partial charge in [0.1, 0.15) is 0 Å². The number of nitrogens with zero attached hydrogens (tertiary/aromatic N) is 2. The first kappa shape index (κ1) is 27.4. The van der Waals surface area contributed by atoms with Crippen LogP contribution < -0.4 is 9.80 Å². The van der Waals surface area contributed by atoms with Crippen molar-refractivity contribution in [2.45, 2.75) is 0 Å². The molecule has 0 fully saturated rings. The normalized spacial score (nSPS) is 11.0. The Kier molecular flexibility index (Phi) is 7.22. The molecule has 0 aliphatic heterocycles. The maximum absolute atomic E-state index is 2.45. The minimum Gasteiger partial charge on any atom is -0.308 e. The molecule has 0 radical (unpaired) electrons. The molecule has 0 aromatic heterocycles. The van der Waals surface area contributed by atoms with Crippen LogP contribution in [0.2, 0.25) is 0 Å². The average molecular weight is 589 g/mol. The van der Waals surface area contributed by atoms with Gasteiger partial charge in [0, 0.05) is 27.7 Å². The first-order chi connectivity index (χ1) is 22.9. The highest BCUT2D eigenvalue weighted by atomic mass is 15.2. The average Bonchev–Trinajstić information content (AvgIpc) is 3.14. The molecule has 46 heavy (non-hydrogen) atoms. The molecule has 0 unspecified atom stereocenters. The van der Waals surface area contributed by atoms with Gasteiger partial charge in [-0.1, -0.05) is 152 Å². The van der Waals surface area contributed by atoms with Gasteiger partial charge in [0.15, 0.2) is 0 Å². The molecule has 2 heteroatoms. The lowest BCUT2D eigenvalue weighted by atomic mass is 9.98. The quantitative estimate of drug-likeness (QED) is 0.183. The van der Waals surface area contributed by atoms with E-state index in [0.29, 0.717) is 0 Å². The lowest BCUT2D eigenvalue weighted by Crippen LogP contribution is -2.18. The van der Waals surface area contributed by atoms with Crippen molar-refractivity contribution < 1.29 is 0 Å². The van der Waals surface area contributed by atoms with Gasteiger partial charge in [-0.05, 0) is 58.8 Å². The Morgan fingerprint density at radius 2 is 0.696 bits per heavy atom. The van der Waals surface area contributed by atoms with Crippen LogP contribution in [0, 0.1) is 0 Å². The van der Waals surface area contributed by atoms with Gasteiger partial charge in [0.2, 0.25) is 0 Å². The Labute approximate surface area is 270 Å². The zero-order chi connectivity index (χ0) is 30.7. The Morgan fingerprint density at radius 1 is 0.283 bits per heavy atom. The molecule has 218 valence electrons. The van der Waals surface area contributed by atoms with Crippen LogP contribution in [0.25, 0.3) is 32.7 Å². The van der Waals surface area contributed by atoms with E-state index in [9.17, 15) is 0 Å². The zero-order valence-electron chi connectivity index (χ0n) is 25.4. The first-order valence-corrected chi connectivity index (χ1v) is 15.7. The highest BCUT2D eigenvalue weighted by molar-refractivity contribution is 6.07. The molecule has 0 aliphatic carbocycles. The zero-order valence-corrected chi connectivity index (χ0v) is 25.4. The number of hydrogen-bond donors (Lipinski definition) is 0. The highest BCUT2D eigenvalue weighted by Crippen LogP contribution is 2.51. The second-order valence-corrected chi connectivity index (χ2v) is 11.4. The molecular weight excluding hydrogens is 556 g/mol. The van der Waals surface area contributed by atoms with Crippen LogP contribution in [0.3, 0.4) is 0 Å². The van der Waals surface area contributed by atoms with Crippen LogP contribution >= 0.6 is 0 Å². The molecule has 0 atom stereocenters. The Morgan fingerprint density at radius 3 is 1.28 bits per heavy atom. The molecule has 0 heterocycles. The molecule has 0 N–H and O–H groups in total. The van der Waals surface area contributed by atoms with Crippen LogP contribution in [0.5, 0.6) is 0 Å². The highest BCUT2D eigenvalue weighted by Gasteiger charge is 2.27. The molecule has 0 saturated heterocycles. The van der Waals surface area contributed by atoms with Gasteiger partial charge in [0.25, 0.3) is 0 Å². The molecule has 8 aromatic rings. The van der Waals surface area contributed by atoms with E-state index in [-0.39, 0.29) is 0 Å². The molecule has 0 spiro atoms. The summed E-state index contributed by atoms with van der Waals surface area (Å²) in [6, 6.07) is 69.4. The van der Waals surface area contributed by atoms with Crippen molar-refractivity contribution >= 4 is 55.7 Å². The lowest BCUT2D eigenvalue weighted by Gasteiger charge is -2.35. The van der Waals surface area contributed by atoms with Crippen molar-refractivity contribution in [2.75, 3.05) is 9.80 Å². The van der Waals surface area contributed by atoms with Crippen molar-refractivity contribution in [1.29, 1.82) is 0 Å². The Balaban J connectivity index is 1.51. The largest absolute Gasteiger partial charge is 0.308 e. The molecule has 0 saturated carbocycles. The minimum atomic E-state index is 1.08. The van der Waals surface area contributed by atoms with Gasteiger partial charge in [-0.3, -0.25) is 0 Å². The summed E-state index contributed by atoms with van der Waals surface area (Å²) in [7, 11) is 0. The van der Waals surface area contributed by atoms with E-state index in [0.717, 1.165) is 45.3 Å². The van der Waals surface area contributed by atoms with Crippen molar-refractivity contribution in [3.8, 4) is 11.1 Å². The van der Waals surface area contributed by atoms with E-state index in [2.05, 4.69) is 204 Å². The summed E-state index contributed by atoms with van der Waals surface area (Å²) >= 11 is 0. The Bertz CT molecular complexity index is 2250. The van der Waals surface area contributed by atoms with Crippen LogP contribution in [0.4, 0.5) is 34.1 Å². The van der Waals surface area contributed by atoms with E-state index in [4.69, 9.17) is 0 Å². The van der Waals surface area contributed by atoms with Gasteiger partial charge in [-0.2, -0.15) is 0 Å². The van der Waals surface area contributed by atoms with Crippen LogP contribution in [-0.2, 0) is 0 Å². The first-order valence-electron chi connectivity index (χ1n) is 15.7. The summed E-state index contributed by atoms with van der Waals surface area (Å²) < 4.78 is 0. The maximum Gasteiger partial charge on any atom is 0.0781 e. The lowest BCUT2D eigenvalue weighted by molar-refractivity contribution is 1.24. The summed E-state index contributed by atoms with van der Waals surface area (Å²) in [6.07, 6.45) is 0. The van der Waals surface area contributed by atoms with E-state index >= 15 is 0 Å². The SMILES string of the molecule is c1ccc(-c2cccc(N(c3ccccc3)c3cccc4ccccc34)c2N(c2ccccc2)c2cccc3ccccc23)cc1. The molecule has 0 aliphatic rings. The fourth-order valence-electron chi connectivity index (χ4n) is 6.55. The predicted molar refractivity (Wildman–Crippen MR) is 196 cm³/mol. The fourth-order valence-corrected chi connectivity index (χ4v) is 6.55. The molecular formula is C44H32N2. The molecule has 8 rings (SSSR count). The second-order valence-electron chi connectivity index (χ2n) is 11.4.